The minimum atomic E-state index is -0.543. The molecule has 0 unspecified atom stereocenters. The number of amides is 1. The summed E-state index contributed by atoms with van der Waals surface area (Å²) in [4.78, 5) is 42.1. The average molecular weight is 494 g/mol. The number of hydrogen-bond donors (Lipinski definition) is 0. The van der Waals surface area contributed by atoms with Crippen molar-refractivity contribution in [1.29, 1.82) is 0 Å². The Labute approximate surface area is 207 Å². The van der Waals surface area contributed by atoms with E-state index in [0.29, 0.717) is 48.8 Å². The van der Waals surface area contributed by atoms with Crippen molar-refractivity contribution in [1.82, 2.24) is 28.7 Å². The molecule has 0 bridgehead atoms. The molecule has 0 aromatic carbocycles. The molecule has 36 heavy (non-hydrogen) atoms. The first kappa shape index (κ1) is 23.7. The molecular formula is C25H28FN7O3. The predicted molar refractivity (Wildman–Crippen MR) is 133 cm³/mol. The molecule has 0 atom stereocenters. The second-order valence-electron chi connectivity index (χ2n) is 9.97. The van der Waals surface area contributed by atoms with Crippen molar-refractivity contribution in [3.8, 4) is 11.4 Å². The van der Waals surface area contributed by atoms with E-state index < -0.39 is 17.1 Å². The van der Waals surface area contributed by atoms with Gasteiger partial charge in [0.2, 0.25) is 0 Å². The summed E-state index contributed by atoms with van der Waals surface area (Å²) in [6.45, 7) is 11.4. The number of nitrogens with zero attached hydrogens (tertiary/aromatic N) is 7. The third kappa shape index (κ3) is 4.36. The Balaban J connectivity index is 1.43. The third-order valence-electron chi connectivity index (χ3n) is 6.10. The Morgan fingerprint density at radius 1 is 1.03 bits per heavy atom. The monoisotopic (exact) mass is 493 g/mol. The second kappa shape index (κ2) is 8.58. The average Bonchev–Trinajstić information content (AvgIpc) is 3.19. The Bertz CT molecular complexity index is 1550. The summed E-state index contributed by atoms with van der Waals surface area (Å²) in [5, 5.41) is 0. The number of halogens is 1. The van der Waals surface area contributed by atoms with Crippen LogP contribution in [0.25, 0.3) is 22.7 Å². The van der Waals surface area contributed by atoms with Gasteiger partial charge in [0.1, 0.15) is 11.2 Å². The molecule has 0 aliphatic carbocycles. The van der Waals surface area contributed by atoms with Gasteiger partial charge in [-0.05, 0) is 52.8 Å². The largest absolute Gasteiger partial charge is 0.444 e. The molecule has 10 nitrogen and oxygen atoms in total. The van der Waals surface area contributed by atoms with Crippen LogP contribution in [0.15, 0.2) is 35.4 Å². The molecule has 0 spiro atoms. The smallest absolute Gasteiger partial charge is 0.410 e. The standard InChI is InChI=1S/C25H28FN7O3/c1-15-13-32-14-17(12-18(26)22(32)27-15)21-28-20-7-6-19(16(2)33(20)23(34)29-21)30-8-10-31(11-9-30)24(35)36-25(3,4)5/h6-7,12-14H,8-11H2,1-5H3. The van der Waals surface area contributed by atoms with Crippen molar-refractivity contribution in [2.75, 3.05) is 31.1 Å². The van der Waals surface area contributed by atoms with Gasteiger partial charge < -0.3 is 18.9 Å². The first-order valence-electron chi connectivity index (χ1n) is 11.8. The van der Waals surface area contributed by atoms with Crippen molar-refractivity contribution in [2.24, 2.45) is 0 Å². The number of pyridine rings is 2. The summed E-state index contributed by atoms with van der Waals surface area (Å²) < 4.78 is 23.1. The molecule has 5 heterocycles. The Kier molecular flexibility index (Phi) is 5.65. The molecule has 4 aromatic rings. The Morgan fingerprint density at radius 3 is 2.44 bits per heavy atom. The van der Waals surface area contributed by atoms with E-state index in [2.05, 4.69) is 19.9 Å². The van der Waals surface area contributed by atoms with Crippen LogP contribution in [0.4, 0.5) is 14.9 Å². The Morgan fingerprint density at radius 2 is 1.75 bits per heavy atom. The molecule has 1 saturated heterocycles. The summed E-state index contributed by atoms with van der Waals surface area (Å²) in [7, 11) is 0. The fourth-order valence-electron chi connectivity index (χ4n) is 4.46. The summed E-state index contributed by atoms with van der Waals surface area (Å²) in [6, 6.07) is 4.96. The number of aromatic nitrogens is 5. The molecule has 1 aliphatic heterocycles. The number of piperazine rings is 1. The molecule has 188 valence electrons. The normalized spacial score (nSPS) is 14.6. The zero-order valence-electron chi connectivity index (χ0n) is 20.9. The number of rotatable bonds is 2. The van der Waals surface area contributed by atoms with Crippen LogP contribution in [0.5, 0.6) is 0 Å². The van der Waals surface area contributed by atoms with Crippen molar-refractivity contribution >= 4 is 23.1 Å². The molecule has 1 aliphatic rings. The fourth-order valence-corrected chi connectivity index (χ4v) is 4.46. The Hall–Kier alpha value is -4.02. The third-order valence-corrected chi connectivity index (χ3v) is 6.10. The van der Waals surface area contributed by atoms with Crippen LogP contribution in [0.3, 0.4) is 0 Å². The molecular weight excluding hydrogens is 465 g/mol. The SMILES string of the molecule is Cc1cn2cc(-c3nc(=O)n4c(C)c(N5CCN(C(=O)OC(C)(C)C)CC5)ccc4n3)cc(F)c2n1. The minimum absolute atomic E-state index is 0.144. The maximum atomic E-state index is 14.6. The van der Waals surface area contributed by atoms with Crippen molar-refractivity contribution < 1.29 is 13.9 Å². The lowest BCUT2D eigenvalue weighted by molar-refractivity contribution is 0.0240. The number of imidazole rings is 1. The lowest BCUT2D eigenvalue weighted by atomic mass is 10.2. The van der Waals surface area contributed by atoms with Gasteiger partial charge >= 0.3 is 11.8 Å². The number of ether oxygens (including phenoxy) is 1. The molecule has 4 aromatic heterocycles. The van der Waals surface area contributed by atoms with Crippen LogP contribution in [0, 0.1) is 19.7 Å². The van der Waals surface area contributed by atoms with E-state index >= 15 is 0 Å². The zero-order valence-corrected chi connectivity index (χ0v) is 20.9. The summed E-state index contributed by atoms with van der Waals surface area (Å²) in [5.74, 6) is -0.369. The summed E-state index contributed by atoms with van der Waals surface area (Å²) in [5.41, 5.74) is 2.22. The van der Waals surface area contributed by atoms with Crippen LogP contribution in [0.2, 0.25) is 0 Å². The van der Waals surface area contributed by atoms with Crippen molar-refractivity contribution in [3.05, 3.63) is 58.3 Å². The van der Waals surface area contributed by atoms with E-state index in [0.717, 1.165) is 5.69 Å². The van der Waals surface area contributed by atoms with E-state index in [4.69, 9.17) is 4.74 Å². The van der Waals surface area contributed by atoms with Crippen molar-refractivity contribution in [2.45, 2.75) is 40.2 Å². The summed E-state index contributed by atoms with van der Waals surface area (Å²) >= 11 is 0. The highest BCUT2D eigenvalue weighted by Crippen LogP contribution is 2.24. The number of hydrogen-bond acceptors (Lipinski definition) is 7. The van der Waals surface area contributed by atoms with E-state index in [-0.39, 0.29) is 17.6 Å². The van der Waals surface area contributed by atoms with Gasteiger partial charge in [-0.2, -0.15) is 4.98 Å². The van der Waals surface area contributed by atoms with Gasteiger partial charge in [-0.3, -0.25) is 0 Å². The van der Waals surface area contributed by atoms with Gasteiger partial charge in [-0.15, -0.1) is 0 Å². The van der Waals surface area contributed by atoms with E-state index in [1.807, 2.05) is 33.8 Å². The topological polar surface area (TPSA) is 97.3 Å². The van der Waals surface area contributed by atoms with E-state index in [1.54, 1.807) is 34.7 Å². The van der Waals surface area contributed by atoms with Crippen LogP contribution < -0.4 is 10.6 Å². The van der Waals surface area contributed by atoms with Gasteiger partial charge in [-0.25, -0.2) is 28.3 Å². The first-order valence-corrected chi connectivity index (χ1v) is 11.8. The fraction of sp³-hybridized carbons (Fsp3) is 0.400. The molecule has 0 N–H and O–H groups in total. The zero-order chi connectivity index (χ0) is 25.8. The number of fused-ring (bicyclic) bond motifs is 2. The van der Waals surface area contributed by atoms with Crippen molar-refractivity contribution in [3.63, 3.8) is 0 Å². The number of anilines is 1. The lowest BCUT2D eigenvalue weighted by Crippen LogP contribution is -2.50. The highest BCUT2D eigenvalue weighted by atomic mass is 19.1. The lowest BCUT2D eigenvalue weighted by Gasteiger charge is -2.37. The van der Waals surface area contributed by atoms with Crippen LogP contribution >= 0.6 is 0 Å². The minimum Gasteiger partial charge on any atom is -0.444 e. The highest BCUT2D eigenvalue weighted by Gasteiger charge is 2.27. The molecule has 11 heteroatoms. The molecule has 0 radical (unpaired) electrons. The number of carbonyl (C=O) groups excluding carboxylic acids is 1. The van der Waals surface area contributed by atoms with Crippen LogP contribution in [-0.4, -0.2) is 66.5 Å². The molecule has 1 fully saturated rings. The van der Waals surface area contributed by atoms with Gasteiger partial charge in [0.15, 0.2) is 17.3 Å². The number of aryl methyl sites for hydroxylation is 2. The van der Waals surface area contributed by atoms with Gasteiger partial charge in [0.05, 0.1) is 11.4 Å². The summed E-state index contributed by atoms with van der Waals surface area (Å²) in [6.07, 6.45) is 3.04. The van der Waals surface area contributed by atoms with Gasteiger partial charge in [0.25, 0.3) is 0 Å². The maximum absolute atomic E-state index is 14.6. The maximum Gasteiger partial charge on any atom is 0.410 e. The molecule has 5 rings (SSSR count). The van der Waals surface area contributed by atoms with Crippen LogP contribution in [-0.2, 0) is 4.74 Å². The second-order valence-corrected chi connectivity index (χ2v) is 9.97. The van der Waals surface area contributed by atoms with E-state index in [1.165, 1.54) is 10.5 Å². The first-order chi connectivity index (χ1) is 17.0. The quantitative estimate of drug-likeness (QED) is 0.423. The highest BCUT2D eigenvalue weighted by molar-refractivity contribution is 5.69. The van der Waals surface area contributed by atoms with Crippen LogP contribution in [0.1, 0.15) is 32.2 Å². The van der Waals surface area contributed by atoms with E-state index in [9.17, 15) is 14.0 Å². The molecule has 0 saturated carbocycles. The molecule has 1 amide bonds. The van der Waals surface area contributed by atoms with Gasteiger partial charge in [-0.1, -0.05) is 0 Å². The predicted octanol–water partition coefficient (Wildman–Crippen LogP) is 3.22. The number of carbonyl (C=O) groups is 1. The van der Waals surface area contributed by atoms with Gasteiger partial charge in [0, 0.05) is 49.8 Å².